The molecule has 2 unspecified atom stereocenters. The largest absolute Gasteiger partial charge is 0.373 e. The van der Waals surface area contributed by atoms with Crippen molar-refractivity contribution in [2.24, 2.45) is 0 Å². The molecule has 15 heavy (non-hydrogen) atoms. The van der Waals surface area contributed by atoms with E-state index in [0.717, 1.165) is 19.6 Å². The van der Waals surface area contributed by atoms with Crippen LogP contribution in [-0.4, -0.2) is 48.4 Å². The van der Waals surface area contributed by atoms with Crippen molar-refractivity contribution in [3.05, 3.63) is 0 Å². The Labute approximate surface area is 92.7 Å². The number of likely N-dealkylation sites (N-methyl/N-ethyl adjacent to an activating group) is 1. The highest BCUT2D eigenvalue weighted by Gasteiger charge is 2.50. The molecule has 0 amide bonds. The van der Waals surface area contributed by atoms with E-state index >= 15 is 0 Å². The van der Waals surface area contributed by atoms with Crippen molar-refractivity contribution < 1.29 is 9.47 Å². The lowest BCUT2D eigenvalue weighted by Gasteiger charge is -2.38. The Hall–Kier alpha value is -0.120. The molecule has 2 fully saturated rings. The third-order valence-corrected chi connectivity index (χ3v) is 4.13. The Bertz CT molecular complexity index is 246. The van der Waals surface area contributed by atoms with Crippen LogP contribution in [0.4, 0.5) is 0 Å². The molecule has 2 saturated heterocycles. The van der Waals surface area contributed by atoms with Crippen molar-refractivity contribution in [3.63, 3.8) is 0 Å². The topological polar surface area (TPSA) is 25.0 Å². The van der Waals surface area contributed by atoms with E-state index in [-0.39, 0.29) is 11.1 Å². The van der Waals surface area contributed by atoms with Gasteiger partial charge in [0.2, 0.25) is 0 Å². The molecule has 0 aliphatic carbocycles. The number of rotatable bonds is 3. The average molecular weight is 213 g/mol. The molecule has 2 rings (SSSR count). The average Bonchev–Trinajstić information content (AvgIpc) is 2.91. The van der Waals surface area contributed by atoms with Crippen molar-refractivity contribution in [1.82, 2.24) is 4.90 Å². The molecule has 2 heterocycles. The maximum Gasteiger partial charge on any atom is 0.104 e. The highest BCUT2D eigenvalue weighted by atomic mass is 16.6. The molecular formula is C12H23NO2. The van der Waals surface area contributed by atoms with Crippen LogP contribution in [-0.2, 0) is 9.47 Å². The smallest absolute Gasteiger partial charge is 0.104 e. The summed E-state index contributed by atoms with van der Waals surface area (Å²) in [6, 6.07) is 0. The minimum Gasteiger partial charge on any atom is -0.373 e. The predicted octanol–water partition coefficient (Wildman–Crippen LogP) is 1.66. The Morgan fingerprint density at radius 3 is 2.33 bits per heavy atom. The first-order valence-corrected chi connectivity index (χ1v) is 5.81. The fraction of sp³-hybridized carbons (Fsp3) is 1.00. The van der Waals surface area contributed by atoms with Crippen molar-refractivity contribution in [2.45, 2.75) is 57.4 Å². The predicted molar refractivity (Wildman–Crippen MR) is 60.0 cm³/mol. The Kier molecular flexibility index (Phi) is 2.61. The molecule has 3 nitrogen and oxygen atoms in total. The molecular weight excluding hydrogens is 190 g/mol. The standard InChI is InChI=1S/C12H23NO2/c1-11(2)6-10(12(3,4)13(11)5)15-8-9-7-14-9/h9-10H,6-8H2,1-5H3. The highest BCUT2D eigenvalue weighted by Crippen LogP contribution is 2.41. The van der Waals surface area contributed by atoms with Gasteiger partial charge in [0.05, 0.1) is 19.3 Å². The van der Waals surface area contributed by atoms with Crippen LogP contribution in [0.2, 0.25) is 0 Å². The number of epoxide rings is 1. The van der Waals surface area contributed by atoms with Crippen LogP contribution in [0, 0.1) is 0 Å². The van der Waals surface area contributed by atoms with Gasteiger partial charge in [-0.05, 0) is 41.2 Å². The van der Waals surface area contributed by atoms with Gasteiger partial charge in [-0.1, -0.05) is 0 Å². The normalized spacial score (nSPS) is 38.2. The number of hydrogen-bond donors (Lipinski definition) is 0. The second-order valence-corrected chi connectivity index (χ2v) is 6.01. The lowest BCUT2D eigenvalue weighted by Crippen LogP contribution is -2.48. The molecule has 0 radical (unpaired) electrons. The monoisotopic (exact) mass is 213 g/mol. The van der Waals surface area contributed by atoms with Crippen LogP contribution >= 0.6 is 0 Å². The third-order valence-electron chi connectivity index (χ3n) is 4.13. The number of likely N-dealkylation sites (tertiary alicyclic amines) is 1. The SMILES string of the molecule is CN1C(C)(C)CC(OCC2CO2)C1(C)C. The Morgan fingerprint density at radius 1 is 1.33 bits per heavy atom. The van der Waals surface area contributed by atoms with Gasteiger partial charge < -0.3 is 9.47 Å². The van der Waals surface area contributed by atoms with E-state index < -0.39 is 0 Å². The van der Waals surface area contributed by atoms with Crippen LogP contribution in [0.3, 0.4) is 0 Å². The van der Waals surface area contributed by atoms with Gasteiger partial charge in [0.25, 0.3) is 0 Å². The second kappa shape index (κ2) is 3.44. The van der Waals surface area contributed by atoms with Gasteiger partial charge in [0.1, 0.15) is 6.10 Å². The molecule has 0 N–H and O–H groups in total. The molecule has 2 atom stereocenters. The van der Waals surface area contributed by atoms with E-state index in [1.54, 1.807) is 0 Å². The summed E-state index contributed by atoms with van der Waals surface area (Å²) in [4.78, 5) is 2.43. The minimum absolute atomic E-state index is 0.123. The van der Waals surface area contributed by atoms with Crippen LogP contribution in [0.1, 0.15) is 34.1 Å². The van der Waals surface area contributed by atoms with Crippen LogP contribution in [0.25, 0.3) is 0 Å². The number of hydrogen-bond acceptors (Lipinski definition) is 3. The van der Waals surface area contributed by atoms with E-state index in [9.17, 15) is 0 Å². The molecule has 0 saturated carbocycles. The fourth-order valence-corrected chi connectivity index (χ4v) is 2.49. The van der Waals surface area contributed by atoms with Crippen molar-refractivity contribution >= 4 is 0 Å². The highest BCUT2D eigenvalue weighted by molar-refractivity contribution is 5.05. The molecule has 0 aromatic heterocycles. The lowest BCUT2D eigenvalue weighted by molar-refractivity contribution is -0.0139. The Morgan fingerprint density at radius 2 is 1.93 bits per heavy atom. The number of nitrogens with zero attached hydrogens (tertiary/aromatic N) is 1. The van der Waals surface area contributed by atoms with Crippen LogP contribution in [0.15, 0.2) is 0 Å². The third kappa shape index (κ3) is 2.05. The second-order valence-electron chi connectivity index (χ2n) is 6.01. The van der Waals surface area contributed by atoms with Gasteiger partial charge in [0.15, 0.2) is 0 Å². The van der Waals surface area contributed by atoms with Crippen LogP contribution < -0.4 is 0 Å². The zero-order valence-corrected chi connectivity index (χ0v) is 10.5. The van der Waals surface area contributed by atoms with Crippen molar-refractivity contribution in [2.75, 3.05) is 20.3 Å². The van der Waals surface area contributed by atoms with Crippen LogP contribution in [0.5, 0.6) is 0 Å². The maximum atomic E-state index is 5.98. The van der Waals surface area contributed by atoms with E-state index in [1.165, 1.54) is 0 Å². The first-order chi connectivity index (χ1) is 6.84. The minimum atomic E-state index is 0.123. The van der Waals surface area contributed by atoms with Crippen molar-refractivity contribution in [1.29, 1.82) is 0 Å². The summed E-state index contributed by atoms with van der Waals surface area (Å²) in [5.74, 6) is 0. The fourth-order valence-electron chi connectivity index (χ4n) is 2.49. The quantitative estimate of drug-likeness (QED) is 0.667. The molecule has 88 valence electrons. The first kappa shape index (κ1) is 11.4. The molecule has 3 heteroatoms. The van der Waals surface area contributed by atoms with E-state index in [4.69, 9.17) is 9.47 Å². The van der Waals surface area contributed by atoms with Gasteiger partial charge >= 0.3 is 0 Å². The van der Waals surface area contributed by atoms with Gasteiger partial charge in [0, 0.05) is 11.1 Å². The summed E-state index contributed by atoms with van der Waals surface area (Å²) < 4.78 is 11.2. The summed E-state index contributed by atoms with van der Waals surface area (Å²) in [6.45, 7) is 10.7. The van der Waals surface area contributed by atoms with E-state index in [2.05, 4.69) is 39.6 Å². The maximum absolute atomic E-state index is 5.98. The summed E-state index contributed by atoms with van der Waals surface area (Å²) in [7, 11) is 2.19. The summed E-state index contributed by atoms with van der Waals surface area (Å²) in [6.07, 6.45) is 1.79. The zero-order valence-electron chi connectivity index (χ0n) is 10.5. The van der Waals surface area contributed by atoms with E-state index in [1.807, 2.05) is 0 Å². The summed E-state index contributed by atoms with van der Waals surface area (Å²) >= 11 is 0. The molecule has 0 aromatic carbocycles. The summed E-state index contributed by atoms with van der Waals surface area (Å²) in [5.41, 5.74) is 0.358. The molecule has 2 aliphatic rings. The Balaban J connectivity index is 1.98. The van der Waals surface area contributed by atoms with E-state index in [0.29, 0.717) is 12.2 Å². The summed E-state index contributed by atoms with van der Waals surface area (Å²) in [5, 5.41) is 0. The molecule has 0 bridgehead atoms. The first-order valence-electron chi connectivity index (χ1n) is 5.81. The molecule has 0 spiro atoms. The van der Waals surface area contributed by atoms with Crippen molar-refractivity contribution in [3.8, 4) is 0 Å². The van der Waals surface area contributed by atoms with Gasteiger partial charge in [-0.3, -0.25) is 4.90 Å². The molecule has 0 aromatic rings. The zero-order chi connectivity index (χ0) is 11.3. The van der Waals surface area contributed by atoms with Gasteiger partial charge in [-0.15, -0.1) is 0 Å². The molecule has 2 aliphatic heterocycles. The lowest BCUT2D eigenvalue weighted by atomic mass is 9.97. The van der Waals surface area contributed by atoms with Gasteiger partial charge in [-0.25, -0.2) is 0 Å². The van der Waals surface area contributed by atoms with Gasteiger partial charge in [-0.2, -0.15) is 0 Å². The number of ether oxygens (including phenoxy) is 2.